The first-order valence-corrected chi connectivity index (χ1v) is 9.84. The Labute approximate surface area is 168 Å². The number of fused-ring (bicyclic) bond motifs is 4. The average Bonchev–Trinajstić information content (AvgIpc) is 3.13. The number of hydrogen-bond acceptors (Lipinski definition) is 1. The minimum absolute atomic E-state index is 0.944. The molecule has 0 N–H and O–H groups in total. The van der Waals surface area contributed by atoms with E-state index >= 15 is 0 Å². The van der Waals surface area contributed by atoms with E-state index < -0.39 is 0 Å². The second-order valence-corrected chi connectivity index (χ2v) is 7.29. The summed E-state index contributed by atoms with van der Waals surface area (Å²) in [7, 11) is 0. The molecule has 2 heterocycles. The molecule has 0 saturated carbocycles. The van der Waals surface area contributed by atoms with Gasteiger partial charge in [-0.2, -0.15) is 0 Å². The minimum atomic E-state index is 0.944. The summed E-state index contributed by atoms with van der Waals surface area (Å²) >= 11 is 0. The van der Waals surface area contributed by atoms with Gasteiger partial charge in [-0.25, -0.2) is 4.98 Å². The summed E-state index contributed by atoms with van der Waals surface area (Å²) in [6.45, 7) is 0. The van der Waals surface area contributed by atoms with Crippen molar-refractivity contribution in [2.45, 2.75) is 0 Å². The highest BCUT2D eigenvalue weighted by Gasteiger charge is 2.15. The van der Waals surface area contributed by atoms with Gasteiger partial charge in [-0.1, -0.05) is 91.0 Å². The monoisotopic (exact) mass is 370 g/mol. The van der Waals surface area contributed by atoms with Gasteiger partial charge in [0.25, 0.3) is 0 Å². The van der Waals surface area contributed by atoms with E-state index in [9.17, 15) is 0 Å². The van der Waals surface area contributed by atoms with Crippen molar-refractivity contribution in [3.8, 4) is 17.1 Å². The van der Waals surface area contributed by atoms with Crippen molar-refractivity contribution >= 4 is 32.6 Å². The third-order valence-electron chi connectivity index (χ3n) is 5.58. The van der Waals surface area contributed by atoms with Crippen LogP contribution in [0.1, 0.15) is 0 Å². The topological polar surface area (TPSA) is 17.8 Å². The maximum Gasteiger partial charge on any atom is 0.138 e. The second kappa shape index (κ2) is 6.32. The number of para-hydroxylation sites is 2. The van der Waals surface area contributed by atoms with Gasteiger partial charge in [0.15, 0.2) is 0 Å². The Bertz CT molecular complexity index is 1440. The van der Waals surface area contributed by atoms with Crippen molar-refractivity contribution in [2.24, 2.45) is 0 Å². The van der Waals surface area contributed by atoms with E-state index in [2.05, 4.69) is 108 Å². The van der Waals surface area contributed by atoms with Crippen LogP contribution in [0.3, 0.4) is 0 Å². The van der Waals surface area contributed by atoms with Crippen LogP contribution in [-0.2, 0) is 0 Å². The first kappa shape index (κ1) is 16.1. The number of rotatable bonds is 2. The number of nitrogens with zero attached hydrogens (tertiary/aromatic N) is 2. The third-order valence-corrected chi connectivity index (χ3v) is 5.58. The SMILES string of the molecule is c1ccc(-c2nc(-n3c4ccccc4c4ccccc43)cc3ccccc23)cc1. The Balaban J connectivity index is 1.75. The highest BCUT2D eigenvalue weighted by Crippen LogP contribution is 2.34. The zero-order chi connectivity index (χ0) is 19.2. The van der Waals surface area contributed by atoms with E-state index in [0.29, 0.717) is 0 Å². The molecule has 4 aromatic carbocycles. The van der Waals surface area contributed by atoms with Crippen LogP contribution in [0.5, 0.6) is 0 Å². The number of aromatic nitrogens is 2. The summed E-state index contributed by atoms with van der Waals surface area (Å²) in [6, 6.07) is 38.2. The van der Waals surface area contributed by atoms with E-state index in [1.165, 1.54) is 32.6 Å². The fourth-order valence-electron chi connectivity index (χ4n) is 4.28. The maximum absolute atomic E-state index is 5.18. The molecule has 0 saturated heterocycles. The standard InChI is InChI=1S/C27H18N2/c1-2-10-19(11-3-1)27-21-13-5-4-12-20(21)18-26(28-27)29-24-16-8-6-14-22(24)23-15-7-9-17-25(23)29/h1-18H. The van der Waals surface area contributed by atoms with Gasteiger partial charge in [0, 0.05) is 21.7 Å². The van der Waals surface area contributed by atoms with Gasteiger partial charge in [0.2, 0.25) is 0 Å². The third kappa shape index (κ3) is 2.46. The van der Waals surface area contributed by atoms with Crippen LogP contribution in [-0.4, -0.2) is 9.55 Å². The van der Waals surface area contributed by atoms with Crippen LogP contribution >= 0.6 is 0 Å². The lowest BCUT2D eigenvalue weighted by atomic mass is 10.0. The number of pyridine rings is 1. The molecule has 0 bridgehead atoms. The van der Waals surface area contributed by atoms with Gasteiger partial charge < -0.3 is 0 Å². The van der Waals surface area contributed by atoms with E-state index in [1.54, 1.807) is 0 Å². The molecule has 0 amide bonds. The van der Waals surface area contributed by atoms with E-state index in [-0.39, 0.29) is 0 Å². The first-order chi connectivity index (χ1) is 14.4. The van der Waals surface area contributed by atoms with Gasteiger partial charge in [-0.3, -0.25) is 4.57 Å². The Kier molecular flexibility index (Phi) is 3.50. The average molecular weight is 370 g/mol. The number of hydrogen-bond donors (Lipinski definition) is 0. The predicted octanol–water partition coefficient (Wildman–Crippen LogP) is 7.00. The molecule has 0 aliphatic rings. The Morgan fingerprint density at radius 1 is 0.517 bits per heavy atom. The van der Waals surface area contributed by atoms with Crippen molar-refractivity contribution in [3.05, 3.63) is 109 Å². The molecule has 0 radical (unpaired) electrons. The summed E-state index contributed by atoms with van der Waals surface area (Å²) in [6.07, 6.45) is 0. The molecular formula is C27H18N2. The second-order valence-electron chi connectivity index (χ2n) is 7.29. The van der Waals surface area contributed by atoms with Crippen LogP contribution < -0.4 is 0 Å². The lowest BCUT2D eigenvalue weighted by Crippen LogP contribution is -1.99. The molecular weight excluding hydrogens is 352 g/mol. The molecule has 0 aliphatic heterocycles. The van der Waals surface area contributed by atoms with Crippen molar-refractivity contribution in [2.75, 3.05) is 0 Å². The normalized spacial score (nSPS) is 11.4. The fourth-order valence-corrected chi connectivity index (χ4v) is 4.28. The maximum atomic E-state index is 5.18. The number of benzene rings is 4. The molecule has 29 heavy (non-hydrogen) atoms. The highest BCUT2D eigenvalue weighted by atomic mass is 15.1. The zero-order valence-corrected chi connectivity index (χ0v) is 15.8. The van der Waals surface area contributed by atoms with Gasteiger partial charge in [-0.15, -0.1) is 0 Å². The molecule has 2 heteroatoms. The summed E-state index contributed by atoms with van der Waals surface area (Å²) in [4.78, 5) is 5.18. The molecule has 0 aliphatic carbocycles. The smallest absolute Gasteiger partial charge is 0.138 e. The van der Waals surface area contributed by atoms with Gasteiger partial charge in [0.1, 0.15) is 5.82 Å². The van der Waals surface area contributed by atoms with Crippen LogP contribution in [0.15, 0.2) is 109 Å². The summed E-state index contributed by atoms with van der Waals surface area (Å²) in [5, 5.41) is 4.86. The fraction of sp³-hybridized carbons (Fsp3) is 0. The Morgan fingerprint density at radius 2 is 1.07 bits per heavy atom. The van der Waals surface area contributed by atoms with Crippen molar-refractivity contribution in [1.29, 1.82) is 0 Å². The Hall–Kier alpha value is -3.91. The van der Waals surface area contributed by atoms with Gasteiger partial charge in [-0.05, 0) is 23.6 Å². The van der Waals surface area contributed by atoms with E-state index in [0.717, 1.165) is 17.1 Å². The minimum Gasteiger partial charge on any atom is -0.294 e. The van der Waals surface area contributed by atoms with Crippen LogP contribution in [0, 0.1) is 0 Å². The largest absolute Gasteiger partial charge is 0.294 e. The lowest BCUT2D eigenvalue weighted by Gasteiger charge is -2.12. The van der Waals surface area contributed by atoms with Crippen LogP contribution in [0.4, 0.5) is 0 Å². The molecule has 6 rings (SSSR count). The highest BCUT2D eigenvalue weighted by molar-refractivity contribution is 6.09. The van der Waals surface area contributed by atoms with Crippen LogP contribution in [0.25, 0.3) is 49.7 Å². The van der Waals surface area contributed by atoms with Crippen molar-refractivity contribution in [3.63, 3.8) is 0 Å². The first-order valence-electron chi connectivity index (χ1n) is 9.84. The van der Waals surface area contributed by atoms with Crippen LogP contribution in [0.2, 0.25) is 0 Å². The summed E-state index contributed by atoms with van der Waals surface area (Å²) < 4.78 is 2.28. The molecule has 2 nitrogen and oxygen atoms in total. The molecule has 0 atom stereocenters. The predicted molar refractivity (Wildman–Crippen MR) is 122 cm³/mol. The molecule has 0 fully saturated rings. The lowest BCUT2D eigenvalue weighted by molar-refractivity contribution is 1.09. The van der Waals surface area contributed by atoms with Gasteiger partial charge >= 0.3 is 0 Å². The van der Waals surface area contributed by atoms with Gasteiger partial charge in [0.05, 0.1) is 16.7 Å². The molecule has 0 spiro atoms. The molecule has 6 aromatic rings. The zero-order valence-electron chi connectivity index (χ0n) is 15.8. The molecule has 2 aromatic heterocycles. The van der Waals surface area contributed by atoms with Crippen molar-refractivity contribution < 1.29 is 0 Å². The molecule has 0 unspecified atom stereocenters. The van der Waals surface area contributed by atoms with Crippen molar-refractivity contribution in [1.82, 2.24) is 9.55 Å². The van der Waals surface area contributed by atoms with E-state index in [1.807, 2.05) is 6.07 Å². The molecule has 136 valence electrons. The summed E-state index contributed by atoms with van der Waals surface area (Å²) in [5.41, 5.74) is 4.50. The summed E-state index contributed by atoms with van der Waals surface area (Å²) in [5.74, 6) is 0.944. The quantitative estimate of drug-likeness (QED) is 0.321. The Morgan fingerprint density at radius 3 is 1.76 bits per heavy atom. The van der Waals surface area contributed by atoms with E-state index in [4.69, 9.17) is 4.98 Å².